The van der Waals surface area contributed by atoms with Gasteiger partial charge in [-0.1, -0.05) is 32.0 Å². The molecule has 2 aliphatic rings. The van der Waals surface area contributed by atoms with E-state index in [1.54, 1.807) is 6.07 Å². The minimum absolute atomic E-state index is 0.0346. The number of halogens is 7. The molecule has 1 fully saturated rings. The Morgan fingerprint density at radius 2 is 1.60 bits per heavy atom. The largest absolute Gasteiger partial charge is 0.454 e. The Morgan fingerprint density at radius 3 is 2.14 bits per heavy atom. The number of likely N-dealkylation sites (tertiary alicyclic amines) is 1. The van der Waals surface area contributed by atoms with Crippen LogP contribution in [0.2, 0.25) is 0 Å². The van der Waals surface area contributed by atoms with Gasteiger partial charge in [0.2, 0.25) is 0 Å². The third-order valence-electron chi connectivity index (χ3n) is 7.08. The average Bonchev–Trinajstić information content (AvgIpc) is 3.08. The lowest BCUT2D eigenvalue weighted by atomic mass is 9.73. The van der Waals surface area contributed by atoms with Gasteiger partial charge < -0.3 is 4.90 Å². The Labute approximate surface area is 198 Å². The zero-order valence-electron chi connectivity index (χ0n) is 19.2. The van der Waals surface area contributed by atoms with Gasteiger partial charge in [0, 0.05) is 17.6 Å². The third-order valence-corrected chi connectivity index (χ3v) is 7.08. The number of fused-ring (bicyclic) bond motifs is 2. The van der Waals surface area contributed by atoms with Crippen LogP contribution in [0, 0.1) is 11.6 Å². The van der Waals surface area contributed by atoms with E-state index in [0.29, 0.717) is 5.69 Å². The molecule has 0 aromatic heterocycles. The molecule has 0 radical (unpaired) electrons. The highest BCUT2D eigenvalue weighted by Gasteiger charge is 2.58. The molecule has 10 heteroatoms. The lowest BCUT2D eigenvalue weighted by molar-refractivity contribution is -0.287. The Morgan fingerprint density at radius 1 is 1.00 bits per heavy atom. The molecule has 1 spiro atoms. The maximum Gasteiger partial charge on any atom is 0.454 e. The van der Waals surface area contributed by atoms with Crippen LogP contribution in [0.1, 0.15) is 54.1 Å². The normalized spacial score (nSPS) is 18.4. The van der Waals surface area contributed by atoms with Gasteiger partial charge >= 0.3 is 12.1 Å². The van der Waals surface area contributed by atoms with Gasteiger partial charge in [-0.3, -0.25) is 9.69 Å². The Hall–Kier alpha value is -2.62. The van der Waals surface area contributed by atoms with Crippen molar-refractivity contribution in [2.45, 2.75) is 50.1 Å². The molecule has 2 aliphatic heterocycles. The second kappa shape index (κ2) is 8.80. The molecule has 2 aromatic carbocycles. The van der Waals surface area contributed by atoms with Crippen molar-refractivity contribution in [1.29, 1.82) is 0 Å². The first-order chi connectivity index (χ1) is 16.3. The van der Waals surface area contributed by atoms with Crippen LogP contribution in [0.15, 0.2) is 36.4 Å². The first-order valence-corrected chi connectivity index (χ1v) is 11.3. The van der Waals surface area contributed by atoms with Crippen molar-refractivity contribution in [3.63, 3.8) is 0 Å². The number of rotatable bonds is 4. The lowest BCUT2D eigenvalue weighted by Crippen LogP contribution is -2.52. The fourth-order valence-corrected chi connectivity index (χ4v) is 5.00. The van der Waals surface area contributed by atoms with Crippen LogP contribution in [-0.2, 0) is 5.41 Å². The van der Waals surface area contributed by atoms with E-state index in [9.17, 15) is 35.5 Å². The summed E-state index contributed by atoms with van der Waals surface area (Å²) in [6, 6.07) is 8.57. The number of hydrogen-bond donors (Lipinski definition) is 0. The minimum atomic E-state index is -5.64. The van der Waals surface area contributed by atoms with E-state index in [4.69, 9.17) is 0 Å². The van der Waals surface area contributed by atoms with Crippen molar-refractivity contribution < 1.29 is 35.5 Å². The molecule has 2 heterocycles. The summed E-state index contributed by atoms with van der Waals surface area (Å²) in [5.74, 6) is -7.56. The van der Waals surface area contributed by atoms with Crippen molar-refractivity contribution in [3.05, 3.63) is 64.7 Å². The molecule has 0 bridgehead atoms. The summed E-state index contributed by atoms with van der Waals surface area (Å²) >= 11 is 0. The smallest absolute Gasteiger partial charge is 0.307 e. The van der Waals surface area contributed by atoms with E-state index < -0.39 is 47.2 Å². The van der Waals surface area contributed by atoms with Crippen molar-refractivity contribution in [2.24, 2.45) is 0 Å². The van der Waals surface area contributed by atoms with E-state index in [1.807, 2.05) is 26.0 Å². The van der Waals surface area contributed by atoms with Gasteiger partial charge in [-0.25, -0.2) is 8.78 Å². The SMILES string of the molecule is CC(C)c1ccc2c(c1)C1(CCN(CC(F)(F)C(F)(F)F)CC1)CN2C(=O)c1c(F)cccc1F. The molecule has 0 atom stereocenters. The summed E-state index contributed by atoms with van der Waals surface area (Å²) in [4.78, 5) is 15.6. The fraction of sp³-hybridized carbons (Fsp3) is 0.480. The van der Waals surface area contributed by atoms with Crippen LogP contribution in [0.4, 0.5) is 36.4 Å². The number of benzene rings is 2. The van der Waals surface area contributed by atoms with Crippen LogP contribution < -0.4 is 4.90 Å². The first kappa shape index (κ1) is 25.5. The highest BCUT2D eigenvalue weighted by Crippen LogP contribution is 2.49. The molecule has 0 saturated carbocycles. The number of piperidine rings is 1. The molecule has 35 heavy (non-hydrogen) atoms. The second-order valence-corrected chi connectivity index (χ2v) is 9.68. The maximum atomic E-state index is 14.4. The summed E-state index contributed by atoms with van der Waals surface area (Å²) in [5, 5.41) is 0. The van der Waals surface area contributed by atoms with Gasteiger partial charge in [0.25, 0.3) is 5.91 Å². The number of amides is 1. The topological polar surface area (TPSA) is 23.6 Å². The Kier molecular flexibility index (Phi) is 6.40. The number of anilines is 1. The molecule has 1 saturated heterocycles. The van der Waals surface area contributed by atoms with Crippen LogP contribution in [0.5, 0.6) is 0 Å². The highest BCUT2D eigenvalue weighted by molar-refractivity contribution is 6.08. The molecule has 4 rings (SSSR count). The van der Waals surface area contributed by atoms with Crippen molar-refractivity contribution in [3.8, 4) is 0 Å². The maximum absolute atomic E-state index is 14.4. The summed E-state index contributed by atoms with van der Waals surface area (Å²) < 4.78 is 94.0. The van der Waals surface area contributed by atoms with Gasteiger partial charge in [0.15, 0.2) is 0 Å². The van der Waals surface area contributed by atoms with E-state index in [-0.39, 0.29) is 38.4 Å². The standard InChI is InChI=1S/C25H25F7N2O/c1-15(2)16-6-7-20-17(12-16)23(8-10-33(11-9-23)14-24(28,29)25(30,31)32)13-34(20)22(35)21-18(26)4-3-5-19(21)27/h3-7,12,15H,8-11,13-14H2,1-2H3. The van der Waals surface area contributed by atoms with E-state index in [0.717, 1.165) is 34.2 Å². The van der Waals surface area contributed by atoms with E-state index >= 15 is 0 Å². The molecule has 190 valence electrons. The minimum Gasteiger partial charge on any atom is -0.307 e. The van der Waals surface area contributed by atoms with Gasteiger partial charge in [-0.15, -0.1) is 0 Å². The van der Waals surface area contributed by atoms with Crippen LogP contribution in [0.3, 0.4) is 0 Å². The summed E-state index contributed by atoms with van der Waals surface area (Å²) in [7, 11) is 0. The zero-order chi connectivity index (χ0) is 25.8. The zero-order valence-corrected chi connectivity index (χ0v) is 19.2. The number of nitrogens with zero attached hydrogens (tertiary/aromatic N) is 2. The Bertz CT molecular complexity index is 1100. The van der Waals surface area contributed by atoms with Crippen LogP contribution in [-0.4, -0.2) is 49.1 Å². The molecular formula is C25H25F7N2O. The molecule has 0 aliphatic carbocycles. The third kappa shape index (κ3) is 4.52. The highest BCUT2D eigenvalue weighted by atomic mass is 19.4. The molecule has 3 nitrogen and oxygen atoms in total. The van der Waals surface area contributed by atoms with Crippen molar-refractivity contribution in [2.75, 3.05) is 31.1 Å². The van der Waals surface area contributed by atoms with Crippen molar-refractivity contribution >= 4 is 11.6 Å². The first-order valence-electron chi connectivity index (χ1n) is 11.3. The monoisotopic (exact) mass is 502 g/mol. The van der Waals surface area contributed by atoms with Gasteiger partial charge in [0.1, 0.15) is 17.2 Å². The number of alkyl halides is 5. The summed E-state index contributed by atoms with van der Waals surface area (Å²) in [6.07, 6.45) is -5.20. The summed E-state index contributed by atoms with van der Waals surface area (Å²) in [6.45, 7) is 2.50. The molecule has 0 N–H and O–H groups in total. The predicted octanol–water partition coefficient (Wildman–Crippen LogP) is 6.28. The molecule has 0 unspecified atom stereocenters. The van der Waals surface area contributed by atoms with E-state index in [2.05, 4.69) is 0 Å². The van der Waals surface area contributed by atoms with E-state index in [1.165, 1.54) is 4.90 Å². The van der Waals surface area contributed by atoms with Gasteiger partial charge in [0.05, 0.1) is 6.54 Å². The summed E-state index contributed by atoms with van der Waals surface area (Å²) in [5.41, 5.74) is 0.764. The average molecular weight is 502 g/mol. The van der Waals surface area contributed by atoms with Crippen molar-refractivity contribution in [1.82, 2.24) is 4.90 Å². The Balaban J connectivity index is 1.66. The second-order valence-electron chi connectivity index (χ2n) is 9.68. The predicted molar refractivity (Wildman–Crippen MR) is 117 cm³/mol. The molecular weight excluding hydrogens is 477 g/mol. The number of carbonyl (C=O) groups is 1. The fourth-order valence-electron chi connectivity index (χ4n) is 5.00. The van der Waals surface area contributed by atoms with Gasteiger partial charge in [-0.05, 0) is 61.2 Å². The van der Waals surface area contributed by atoms with Crippen LogP contribution in [0.25, 0.3) is 0 Å². The van der Waals surface area contributed by atoms with Gasteiger partial charge in [-0.2, -0.15) is 22.0 Å². The van der Waals surface area contributed by atoms with Crippen LogP contribution >= 0.6 is 0 Å². The molecule has 1 amide bonds. The number of hydrogen-bond acceptors (Lipinski definition) is 2. The number of carbonyl (C=O) groups excluding carboxylic acids is 1. The lowest BCUT2D eigenvalue weighted by Gasteiger charge is -2.41. The molecule has 2 aromatic rings. The quantitative estimate of drug-likeness (QED) is 0.460.